The van der Waals surface area contributed by atoms with Crippen LogP contribution in [0.5, 0.6) is 0 Å². The first-order valence-corrected chi connectivity index (χ1v) is 7.37. The van der Waals surface area contributed by atoms with Crippen molar-refractivity contribution in [1.29, 1.82) is 0 Å². The summed E-state index contributed by atoms with van der Waals surface area (Å²) in [6.45, 7) is 2.16. The maximum Gasteiger partial charge on any atom is 0.167 e. The predicted octanol–water partition coefficient (Wildman–Crippen LogP) is 4.16. The molecule has 0 radical (unpaired) electrons. The second-order valence-corrected chi connectivity index (χ2v) is 6.16. The molecular formula is C16H17ClO2. The van der Waals surface area contributed by atoms with Crippen LogP contribution in [0.15, 0.2) is 18.2 Å². The summed E-state index contributed by atoms with van der Waals surface area (Å²) in [6, 6.07) is 5.06. The van der Waals surface area contributed by atoms with E-state index in [2.05, 4.69) is 6.92 Å². The molecule has 3 rings (SSSR count). The van der Waals surface area contributed by atoms with Gasteiger partial charge < -0.3 is 0 Å². The quantitative estimate of drug-likeness (QED) is 0.772. The van der Waals surface area contributed by atoms with Crippen LogP contribution in [0.4, 0.5) is 0 Å². The van der Waals surface area contributed by atoms with E-state index >= 15 is 0 Å². The lowest BCUT2D eigenvalue weighted by Gasteiger charge is -2.37. The average Bonchev–Trinajstić information content (AvgIpc) is 2.44. The fraction of sp³-hybridized carbons (Fsp3) is 0.500. The van der Waals surface area contributed by atoms with Crippen molar-refractivity contribution in [1.82, 2.24) is 0 Å². The summed E-state index contributed by atoms with van der Waals surface area (Å²) < 4.78 is 0. The molecule has 3 unspecified atom stereocenters. The van der Waals surface area contributed by atoms with Gasteiger partial charge in [-0.15, -0.1) is 0 Å². The van der Waals surface area contributed by atoms with Gasteiger partial charge in [-0.1, -0.05) is 24.9 Å². The molecule has 1 aromatic rings. The zero-order chi connectivity index (χ0) is 13.6. The van der Waals surface area contributed by atoms with Gasteiger partial charge in [0.15, 0.2) is 11.6 Å². The van der Waals surface area contributed by atoms with Crippen molar-refractivity contribution in [2.24, 2.45) is 17.8 Å². The van der Waals surface area contributed by atoms with Gasteiger partial charge in [0, 0.05) is 28.0 Å². The summed E-state index contributed by atoms with van der Waals surface area (Å²) in [6.07, 6.45) is 3.87. The molecule has 0 saturated heterocycles. The molecule has 0 amide bonds. The fourth-order valence-corrected chi connectivity index (χ4v) is 3.74. The number of benzene rings is 1. The monoisotopic (exact) mass is 276 g/mol. The molecule has 0 spiro atoms. The minimum atomic E-state index is -0.110. The van der Waals surface area contributed by atoms with E-state index in [9.17, 15) is 9.59 Å². The molecule has 100 valence electrons. The van der Waals surface area contributed by atoms with Gasteiger partial charge in [-0.05, 0) is 43.4 Å². The van der Waals surface area contributed by atoms with Gasteiger partial charge in [0.1, 0.15) is 0 Å². The number of fused-ring (bicyclic) bond motifs is 2. The zero-order valence-electron chi connectivity index (χ0n) is 11.0. The minimum absolute atomic E-state index is 0.0973. The second kappa shape index (κ2) is 4.75. The van der Waals surface area contributed by atoms with Gasteiger partial charge in [0.25, 0.3) is 0 Å². The molecule has 0 bridgehead atoms. The number of halogens is 1. The molecule has 2 aliphatic rings. The maximum atomic E-state index is 12.6. The van der Waals surface area contributed by atoms with Gasteiger partial charge in [-0.3, -0.25) is 9.59 Å². The third kappa shape index (κ3) is 2.02. The molecule has 0 heterocycles. The second-order valence-electron chi connectivity index (χ2n) is 5.72. The van der Waals surface area contributed by atoms with Gasteiger partial charge in [0.05, 0.1) is 0 Å². The highest BCUT2D eigenvalue weighted by molar-refractivity contribution is 6.31. The lowest BCUT2D eigenvalue weighted by molar-refractivity contribution is 0.0627. The number of carbonyl (C=O) groups is 2. The summed E-state index contributed by atoms with van der Waals surface area (Å²) in [7, 11) is 0. The van der Waals surface area contributed by atoms with Gasteiger partial charge >= 0.3 is 0 Å². The Morgan fingerprint density at radius 3 is 2.58 bits per heavy atom. The predicted molar refractivity (Wildman–Crippen MR) is 74.7 cm³/mol. The van der Waals surface area contributed by atoms with Crippen LogP contribution in [0.3, 0.4) is 0 Å². The summed E-state index contributed by atoms with van der Waals surface area (Å²) >= 11 is 5.95. The topological polar surface area (TPSA) is 34.1 Å². The zero-order valence-corrected chi connectivity index (χ0v) is 11.7. The summed E-state index contributed by atoms with van der Waals surface area (Å²) in [5.41, 5.74) is 1.11. The SMILES string of the molecule is CCC1CCC2C(=O)c3cc(Cl)ccc3C(=O)C2C1. The van der Waals surface area contributed by atoms with Crippen LogP contribution in [0.1, 0.15) is 53.3 Å². The van der Waals surface area contributed by atoms with Crippen molar-refractivity contribution in [3.8, 4) is 0 Å². The van der Waals surface area contributed by atoms with Crippen LogP contribution >= 0.6 is 11.6 Å². The third-order valence-corrected chi connectivity index (χ3v) is 4.96. The number of hydrogen-bond acceptors (Lipinski definition) is 2. The van der Waals surface area contributed by atoms with E-state index in [-0.39, 0.29) is 23.4 Å². The van der Waals surface area contributed by atoms with Crippen molar-refractivity contribution in [2.45, 2.75) is 32.6 Å². The lowest BCUT2D eigenvalue weighted by Crippen LogP contribution is -2.40. The molecule has 1 fully saturated rings. The van der Waals surface area contributed by atoms with E-state index in [1.807, 2.05) is 0 Å². The molecule has 3 atom stereocenters. The van der Waals surface area contributed by atoms with Crippen LogP contribution in [0.25, 0.3) is 0 Å². The molecule has 1 saturated carbocycles. The highest BCUT2D eigenvalue weighted by Gasteiger charge is 2.44. The van der Waals surface area contributed by atoms with Crippen LogP contribution in [0.2, 0.25) is 5.02 Å². The van der Waals surface area contributed by atoms with E-state index in [0.717, 1.165) is 25.7 Å². The van der Waals surface area contributed by atoms with Crippen LogP contribution in [-0.4, -0.2) is 11.6 Å². The highest BCUT2D eigenvalue weighted by atomic mass is 35.5. The Morgan fingerprint density at radius 1 is 1.11 bits per heavy atom. The van der Waals surface area contributed by atoms with E-state index in [1.165, 1.54) is 0 Å². The Labute approximate surface area is 118 Å². The highest BCUT2D eigenvalue weighted by Crippen LogP contribution is 2.43. The van der Waals surface area contributed by atoms with Crippen molar-refractivity contribution in [3.63, 3.8) is 0 Å². The van der Waals surface area contributed by atoms with Crippen molar-refractivity contribution < 1.29 is 9.59 Å². The lowest BCUT2D eigenvalue weighted by atomic mass is 9.64. The van der Waals surface area contributed by atoms with E-state index in [1.54, 1.807) is 18.2 Å². The smallest absolute Gasteiger partial charge is 0.167 e. The molecule has 2 aliphatic carbocycles. The van der Waals surface area contributed by atoms with E-state index in [4.69, 9.17) is 11.6 Å². The Kier molecular flexibility index (Phi) is 3.22. The van der Waals surface area contributed by atoms with E-state index < -0.39 is 0 Å². The molecule has 2 nitrogen and oxygen atoms in total. The first kappa shape index (κ1) is 12.9. The normalized spacial score (nSPS) is 29.9. The van der Waals surface area contributed by atoms with Gasteiger partial charge in [0.2, 0.25) is 0 Å². The van der Waals surface area contributed by atoms with Crippen molar-refractivity contribution in [2.75, 3.05) is 0 Å². The van der Waals surface area contributed by atoms with Crippen LogP contribution in [-0.2, 0) is 0 Å². The largest absolute Gasteiger partial charge is 0.294 e. The number of rotatable bonds is 1. The molecular weight excluding hydrogens is 260 g/mol. The third-order valence-electron chi connectivity index (χ3n) is 4.72. The van der Waals surface area contributed by atoms with Crippen molar-refractivity contribution in [3.05, 3.63) is 34.3 Å². The number of hydrogen-bond donors (Lipinski definition) is 0. The Hall–Kier alpha value is -1.15. The Morgan fingerprint density at radius 2 is 1.84 bits per heavy atom. The molecule has 3 heteroatoms. The first-order valence-electron chi connectivity index (χ1n) is 6.99. The maximum absolute atomic E-state index is 12.6. The summed E-state index contributed by atoms with van der Waals surface area (Å²) in [5, 5.41) is 0.528. The van der Waals surface area contributed by atoms with Crippen molar-refractivity contribution >= 4 is 23.2 Å². The van der Waals surface area contributed by atoms with E-state index in [0.29, 0.717) is 22.1 Å². The Bertz CT molecular complexity index is 550. The fourth-order valence-electron chi connectivity index (χ4n) is 3.57. The van der Waals surface area contributed by atoms with Crippen LogP contribution in [0, 0.1) is 17.8 Å². The molecule has 0 N–H and O–H groups in total. The Balaban J connectivity index is 2.03. The summed E-state index contributed by atoms with van der Waals surface area (Å²) in [4.78, 5) is 25.1. The molecule has 1 aromatic carbocycles. The first-order chi connectivity index (χ1) is 9.11. The number of ketones is 2. The summed E-state index contributed by atoms with van der Waals surface area (Å²) in [5.74, 6) is 0.652. The molecule has 0 aromatic heterocycles. The number of Topliss-reactive ketones (excluding diaryl/α,β-unsaturated/α-hetero) is 2. The van der Waals surface area contributed by atoms with Gasteiger partial charge in [-0.2, -0.15) is 0 Å². The standard InChI is InChI=1S/C16H17ClO2/c1-2-9-3-5-11-13(7-9)15(18)12-6-4-10(17)8-14(12)16(11)19/h4,6,8-9,11,13H,2-3,5,7H2,1H3. The minimum Gasteiger partial charge on any atom is -0.294 e. The molecule has 19 heavy (non-hydrogen) atoms. The molecule has 0 aliphatic heterocycles. The average molecular weight is 277 g/mol. The van der Waals surface area contributed by atoms with Gasteiger partial charge in [-0.25, -0.2) is 0 Å². The van der Waals surface area contributed by atoms with Crippen LogP contribution < -0.4 is 0 Å². The number of carbonyl (C=O) groups excluding carboxylic acids is 2.